The molecule has 1 N–H and O–H groups in total. The van der Waals surface area contributed by atoms with E-state index in [0.717, 1.165) is 28.3 Å². The zero-order valence-electron chi connectivity index (χ0n) is 8.50. The van der Waals surface area contributed by atoms with Crippen LogP contribution in [0.25, 0.3) is 11.0 Å². The summed E-state index contributed by atoms with van der Waals surface area (Å²) in [5, 5.41) is 3.85. The summed E-state index contributed by atoms with van der Waals surface area (Å²) in [5.74, 6) is 0.273. The van der Waals surface area contributed by atoms with E-state index in [0.29, 0.717) is 11.8 Å². The topological polar surface area (TPSA) is 42.2 Å². The summed E-state index contributed by atoms with van der Waals surface area (Å²) in [6.07, 6.45) is 2.16. The van der Waals surface area contributed by atoms with Gasteiger partial charge in [-0.05, 0) is 37.1 Å². The predicted molar refractivity (Wildman–Crippen MR) is 64.4 cm³/mol. The largest absolute Gasteiger partial charge is 0.451 e. The Labute approximate surface area is 101 Å². The molecule has 1 saturated carbocycles. The zero-order chi connectivity index (χ0) is 11.1. The first kappa shape index (κ1) is 9.90. The molecule has 4 heteroatoms. The first-order valence-electron chi connectivity index (χ1n) is 5.22. The number of hydrogen-bond donors (Lipinski definition) is 1. The maximum atomic E-state index is 11.7. The first-order chi connectivity index (χ1) is 7.72. The molecule has 16 heavy (non-hydrogen) atoms. The smallest absolute Gasteiger partial charge is 0.287 e. The van der Waals surface area contributed by atoms with Crippen molar-refractivity contribution in [2.45, 2.75) is 18.9 Å². The number of carbonyl (C=O) groups excluding carboxylic acids is 1. The molecular weight excluding hydrogens is 270 g/mol. The van der Waals surface area contributed by atoms with Gasteiger partial charge in [0.25, 0.3) is 5.91 Å². The molecule has 2 aromatic rings. The number of halogens is 1. The minimum absolute atomic E-state index is 0.116. The predicted octanol–water partition coefficient (Wildman–Crippen LogP) is 3.09. The molecular formula is C12H10BrNO2. The highest BCUT2D eigenvalue weighted by molar-refractivity contribution is 9.10. The summed E-state index contributed by atoms with van der Waals surface area (Å²) in [6.45, 7) is 0. The quantitative estimate of drug-likeness (QED) is 0.918. The van der Waals surface area contributed by atoms with Crippen molar-refractivity contribution in [1.82, 2.24) is 5.32 Å². The van der Waals surface area contributed by atoms with Crippen LogP contribution in [0, 0.1) is 0 Å². The van der Waals surface area contributed by atoms with Crippen LogP contribution in [0.15, 0.2) is 33.2 Å². The molecule has 0 saturated heterocycles. The summed E-state index contributed by atoms with van der Waals surface area (Å²) in [7, 11) is 0. The fourth-order valence-electron chi connectivity index (χ4n) is 1.60. The summed E-state index contributed by atoms with van der Waals surface area (Å²) in [6, 6.07) is 7.85. The van der Waals surface area contributed by atoms with Crippen molar-refractivity contribution in [2.24, 2.45) is 0 Å². The molecule has 3 rings (SSSR count). The van der Waals surface area contributed by atoms with Gasteiger partial charge in [0.2, 0.25) is 0 Å². The summed E-state index contributed by atoms with van der Waals surface area (Å²) in [5.41, 5.74) is 0.732. The van der Waals surface area contributed by atoms with E-state index in [9.17, 15) is 4.79 Å². The Bertz CT molecular complexity index is 557. The molecule has 0 unspecified atom stereocenters. The van der Waals surface area contributed by atoms with Gasteiger partial charge in [0.15, 0.2) is 5.76 Å². The van der Waals surface area contributed by atoms with Crippen molar-refractivity contribution in [3.8, 4) is 0 Å². The molecule has 0 atom stereocenters. The maximum Gasteiger partial charge on any atom is 0.287 e. The van der Waals surface area contributed by atoms with Crippen LogP contribution in [-0.2, 0) is 0 Å². The highest BCUT2D eigenvalue weighted by Gasteiger charge is 2.25. The van der Waals surface area contributed by atoms with E-state index >= 15 is 0 Å². The molecule has 1 aromatic carbocycles. The number of carbonyl (C=O) groups is 1. The normalized spacial score (nSPS) is 15.3. The molecule has 1 amide bonds. The Morgan fingerprint density at radius 1 is 1.38 bits per heavy atom. The fraction of sp³-hybridized carbons (Fsp3) is 0.250. The van der Waals surface area contributed by atoms with Crippen molar-refractivity contribution in [3.05, 3.63) is 34.5 Å². The van der Waals surface area contributed by atoms with E-state index in [2.05, 4.69) is 21.2 Å². The fourth-order valence-corrected chi connectivity index (χ4v) is 1.94. The first-order valence-corrected chi connectivity index (χ1v) is 6.01. The second-order valence-corrected chi connectivity index (χ2v) is 4.96. The molecule has 1 aliphatic carbocycles. The van der Waals surface area contributed by atoms with E-state index in [4.69, 9.17) is 4.42 Å². The molecule has 0 aliphatic heterocycles. The lowest BCUT2D eigenvalue weighted by atomic mass is 10.2. The van der Waals surface area contributed by atoms with Gasteiger partial charge in [-0.1, -0.05) is 15.9 Å². The second kappa shape index (κ2) is 3.63. The van der Waals surface area contributed by atoms with Gasteiger partial charge in [-0.25, -0.2) is 0 Å². The van der Waals surface area contributed by atoms with Crippen LogP contribution in [0.3, 0.4) is 0 Å². The van der Waals surface area contributed by atoms with Crippen molar-refractivity contribution in [3.63, 3.8) is 0 Å². The summed E-state index contributed by atoms with van der Waals surface area (Å²) in [4.78, 5) is 11.7. The number of amides is 1. The van der Waals surface area contributed by atoms with Crippen molar-refractivity contribution in [2.75, 3.05) is 0 Å². The van der Waals surface area contributed by atoms with Gasteiger partial charge < -0.3 is 9.73 Å². The average Bonchev–Trinajstić information content (AvgIpc) is 2.95. The number of fused-ring (bicyclic) bond motifs is 1. The van der Waals surface area contributed by atoms with Crippen molar-refractivity contribution >= 4 is 32.8 Å². The molecule has 0 spiro atoms. The Morgan fingerprint density at radius 3 is 2.94 bits per heavy atom. The van der Waals surface area contributed by atoms with Gasteiger partial charge in [-0.3, -0.25) is 4.79 Å². The van der Waals surface area contributed by atoms with Gasteiger partial charge in [0.05, 0.1) is 0 Å². The Morgan fingerprint density at radius 2 is 2.19 bits per heavy atom. The van der Waals surface area contributed by atoms with Crippen LogP contribution in [0.2, 0.25) is 0 Å². The number of furan rings is 1. The lowest BCUT2D eigenvalue weighted by molar-refractivity contribution is 0.0925. The van der Waals surface area contributed by atoms with E-state index in [1.54, 1.807) is 6.07 Å². The third-order valence-electron chi connectivity index (χ3n) is 2.62. The van der Waals surface area contributed by atoms with Gasteiger partial charge in [0, 0.05) is 15.9 Å². The Balaban J connectivity index is 1.94. The van der Waals surface area contributed by atoms with Crippen LogP contribution in [0.5, 0.6) is 0 Å². The highest BCUT2D eigenvalue weighted by Crippen LogP contribution is 2.24. The molecule has 1 aliphatic rings. The number of rotatable bonds is 2. The molecule has 1 heterocycles. The third-order valence-corrected chi connectivity index (χ3v) is 3.11. The lowest BCUT2D eigenvalue weighted by Gasteiger charge is -1.97. The van der Waals surface area contributed by atoms with Gasteiger partial charge in [-0.2, -0.15) is 0 Å². The molecule has 0 radical (unpaired) electrons. The van der Waals surface area contributed by atoms with Gasteiger partial charge in [-0.15, -0.1) is 0 Å². The molecule has 82 valence electrons. The van der Waals surface area contributed by atoms with E-state index in [1.807, 2.05) is 18.2 Å². The summed E-state index contributed by atoms with van der Waals surface area (Å²) < 4.78 is 6.44. The van der Waals surface area contributed by atoms with Crippen molar-refractivity contribution in [1.29, 1.82) is 0 Å². The SMILES string of the molecule is O=C(NC1CC1)c1cc2ccc(Br)cc2o1. The van der Waals surface area contributed by atoms with Gasteiger partial charge in [0.1, 0.15) is 5.58 Å². The van der Waals surface area contributed by atoms with Crippen LogP contribution in [0.4, 0.5) is 0 Å². The summed E-state index contributed by atoms with van der Waals surface area (Å²) >= 11 is 3.37. The average molecular weight is 280 g/mol. The Hall–Kier alpha value is -1.29. The number of benzene rings is 1. The van der Waals surface area contributed by atoms with Crippen LogP contribution in [0.1, 0.15) is 23.4 Å². The number of nitrogens with one attached hydrogen (secondary N) is 1. The molecule has 1 aromatic heterocycles. The monoisotopic (exact) mass is 279 g/mol. The minimum atomic E-state index is -0.116. The zero-order valence-corrected chi connectivity index (χ0v) is 10.1. The lowest BCUT2D eigenvalue weighted by Crippen LogP contribution is -2.24. The van der Waals surface area contributed by atoms with Crippen LogP contribution in [-0.4, -0.2) is 11.9 Å². The minimum Gasteiger partial charge on any atom is -0.451 e. The van der Waals surface area contributed by atoms with Crippen molar-refractivity contribution < 1.29 is 9.21 Å². The third kappa shape index (κ3) is 1.85. The van der Waals surface area contributed by atoms with Gasteiger partial charge >= 0.3 is 0 Å². The molecule has 3 nitrogen and oxygen atoms in total. The Kier molecular flexibility index (Phi) is 2.24. The maximum absolute atomic E-state index is 11.7. The molecule has 0 bridgehead atoms. The van der Waals surface area contributed by atoms with Crippen LogP contribution < -0.4 is 5.32 Å². The molecule has 1 fully saturated rings. The highest BCUT2D eigenvalue weighted by atomic mass is 79.9. The standard InChI is InChI=1S/C12H10BrNO2/c13-8-2-1-7-5-11(16-10(7)6-8)12(15)14-9-3-4-9/h1-2,5-6,9H,3-4H2,(H,14,15). The van der Waals surface area contributed by atoms with E-state index < -0.39 is 0 Å². The van der Waals surface area contributed by atoms with Crippen LogP contribution >= 0.6 is 15.9 Å². The number of hydrogen-bond acceptors (Lipinski definition) is 2. The van der Waals surface area contributed by atoms with E-state index in [-0.39, 0.29) is 5.91 Å². The van der Waals surface area contributed by atoms with E-state index in [1.165, 1.54) is 0 Å². The second-order valence-electron chi connectivity index (χ2n) is 4.04.